The van der Waals surface area contributed by atoms with Crippen LogP contribution in [0.1, 0.15) is 53.3 Å². The van der Waals surface area contributed by atoms with Crippen molar-refractivity contribution in [3.05, 3.63) is 18.2 Å². The van der Waals surface area contributed by atoms with Crippen molar-refractivity contribution in [2.45, 2.75) is 59.9 Å². The molecule has 0 bridgehead atoms. The topological polar surface area (TPSA) is 29.9 Å². The number of aryl methyl sites for hydroxylation is 1. The Morgan fingerprint density at radius 2 is 2.05 bits per heavy atom. The Morgan fingerprint density at radius 1 is 1.37 bits per heavy atom. The van der Waals surface area contributed by atoms with Gasteiger partial charge in [-0.2, -0.15) is 0 Å². The van der Waals surface area contributed by atoms with Crippen molar-refractivity contribution in [1.29, 1.82) is 0 Å². The van der Waals surface area contributed by atoms with Crippen molar-refractivity contribution >= 4 is 0 Å². The molecule has 1 rings (SSSR count). The summed E-state index contributed by atoms with van der Waals surface area (Å²) in [7, 11) is 2.08. The number of rotatable bonds is 7. The van der Waals surface area contributed by atoms with E-state index in [0.29, 0.717) is 17.4 Å². The Morgan fingerprint density at radius 3 is 2.53 bits per heavy atom. The van der Waals surface area contributed by atoms with Crippen molar-refractivity contribution in [1.82, 2.24) is 14.9 Å². The third kappa shape index (κ3) is 5.35. The number of hydrogen-bond donors (Lipinski definition) is 1. The van der Waals surface area contributed by atoms with Crippen LogP contribution in [-0.4, -0.2) is 22.1 Å². The quantitative estimate of drug-likeness (QED) is 0.819. The van der Waals surface area contributed by atoms with Gasteiger partial charge in [-0.05, 0) is 30.7 Å². The van der Waals surface area contributed by atoms with E-state index in [1.807, 2.05) is 12.4 Å². The highest BCUT2D eigenvalue weighted by Gasteiger charge is 2.24. The van der Waals surface area contributed by atoms with Gasteiger partial charge < -0.3 is 9.88 Å². The Hall–Kier alpha value is -0.830. The number of hydrogen-bond acceptors (Lipinski definition) is 2. The van der Waals surface area contributed by atoms with Crippen LogP contribution in [0.25, 0.3) is 0 Å². The van der Waals surface area contributed by atoms with Gasteiger partial charge >= 0.3 is 0 Å². The fourth-order valence-electron chi connectivity index (χ4n) is 2.18. The maximum atomic E-state index is 4.46. The van der Waals surface area contributed by atoms with Crippen LogP contribution < -0.4 is 5.32 Å². The molecule has 0 amide bonds. The minimum Gasteiger partial charge on any atom is -0.338 e. The number of nitrogens with one attached hydrogen (secondary N) is 1. The van der Waals surface area contributed by atoms with Crippen LogP contribution in [0.4, 0.5) is 0 Å². The predicted octanol–water partition coefficient (Wildman–Crippen LogP) is 3.40. The van der Waals surface area contributed by atoms with E-state index in [1.54, 1.807) is 0 Å². The molecule has 1 aromatic rings. The highest BCUT2D eigenvalue weighted by Crippen LogP contribution is 2.29. The molecule has 0 saturated carbocycles. The van der Waals surface area contributed by atoms with Gasteiger partial charge in [0.1, 0.15) is 5.82 Å². The Labute approximate surface area is 118 Å². The number of imidazole rings is 1. The Kier molecular flexibility index (Phi) is 6.05. The molecule has 0 saturated heterocycles. The Balaban J connectivity index is 2.64. The van der Waals surface area contributed by atoms with Crippen LogP contribution >= 0.6 is 0 Å². The Bertz CT molecular complexity index is 362. The van der Waals surface area contributed by atoms with E-state index in [4.69, 9.17) is 0 Å². The van der Waals surface area contributed by atoms with Crippen molar-refractivity contribution in [3.8, 4) is 0 Å². The van der Waals surface area contributed by atoms with Gasteiger partial charge in [-0.1, -0.05) is 34.6 Å². The monoisotopic (exact) mass is 265 g/mol. The summed E-state index contributed by atoms with van der Waals surface area (Å²) < 4.78 is 2.13. The first-order valence-electron chi connectivity index (χ1n) is 7.54. The largest absolute Gasteiger partial charge is 0.338 e. The molecule has 3 heteroatoms. The van der Waals surface area contributed by atoms with Crippen molar-refractivity contribution < 1.29 is 0 Å². The second kappa shape index (κ2) is 7.09. The zero-order chi connectivity index (χ0) is 14.5. The van der Waals surface area contributed by atoms with E-state index in [-0.39, 0.29) is 0 Å². The summed E-state index contributed by atoms with van der Waals surface area (Å²) in [5.74, 6) is 1.87. The standard InChI is InChI=1S/C16H31N3/c1-7-8-17-14(11-13(2)16(3,4)5)12-15-18-9-10-19(15)6/h9-10,13-14,17H,7-8,11-12H2,1-6H3. The lowest BCUT2D eigenvalue weighted by atomic mass is 9.78. The fraction of sp³-hybridized carbons (Fsp3) is 0.812. The second-order valence-corrected chi connectivity index (χ2v) is 6.81. The van der Waals surface area contributed by atoms with E-state index >= 15 is 0 Å². The summed E-state index contributed by atoms with van der Waals surface area (Å²) in [5, 5.41) is 3.68. The fourth-order valence-corrected chi connectivity index (χ4v) is 2.18. The average molecular weight is 265 g/mol. The first kappa shape index (κ1) is 16.2. The van der Waals surface area contributed by atoms with Gasteiger partial charge in [0.2, 0.25) is 0 Å². The van der Waals surface area contributed by atoms with Gasteiger partial charge in [-0.15, -0.1) is 0 Å². The molecule has 3 nitrogen and oxygen atoms in total. The molecular formula is C16H31N3. The second-order valence-electron chi connectivity index (χ2n) is 6.81. The molecule has 2 atom stereocenters. The molecule has 0 radical (unpaired) electrons. The lowest BCUT2D eigenvalue weighted by molar-refractivity contribution is 0.221. The molecule has 0 spiro atoms. The number of nitrogens with zero attached hydrogens (tertiary/aromatic N) is 2. The van der Waals surface area contributed by atoms with E-state index < -0.39 is 0 Å². The molecule has 110 valence electrons. The molecule has 0 aromatic carbocycles. The summed E-state index contributed by atoms with van der Waals surface area (Å²) in [4.78, 5) is 4.46. The minimum absolute atomic E-state index is 0.369. The van der Waals surface area contributed by atoms with Gasteiger partial charge in [0.05, 0.1) is 0 Å². The maximum Gasteiger partial charge on any atom is 0.109 e. The molecule has 1 N–H and O–H groups in total. The lowest BCUT2D eigenvalue weighted by Crippen LogP contribution is -2.36. The van der Waals surface area contributed by atoms with E-state index in [2.05, 4.69) is 56.5 Å². The first-order chi connectivity index (χ1) is 8.84. The predicted molar refractivity (Wildman–Crippen MR) is 82.2 cm³/mol. The molecule has 2 unspecified atom stereocenters. The van der Waals surface area contributed by atoms with Crippen molar-refractivity contribution in [2.24, 2.45) is 18.4 Å². The van der Waals surface area contributed by atoms with Crippen LogP contribution in [0.3, 0.4) is 0 Å². The molecule has 1 heterocycles. The SMILES string of the molecule is CCCNC(Cc1nccn1C)CC(C)C(C)(C)C. The minimum atomic E-state index is 0.369. The van der Waals surface area contributed by atoms with Crippen LogP contribution in [-0.2, 0) is 13.5 Å². The van der Waals surface area contributed by atoms with Crippen molar-refractivity contribution in [3.63, 3.8) is 0 Å². The third-order valence-electron chi connectivity index (χ3n) is 4.15. The molecular weight excluding hydrogens is 234 g/mol. The zero-order valence-electron chi connectivity index (χ0n) is 13.5. The van der Waals surface area contributed by atoms with Gasteiger partial charge in [0.25, 0.3) is 0 Å². The first-order valence-corrected chi connectivity index (χ1v) is 7.54. The van der Waals surface area contributed by atoms with Gasteiger partial charge in [-0.25, -0.2) is 4.98 Å². The van der Waals surface area contributed by atoms with Crippen LogP contribution in [0, 0.1) is 11.3 Å². The third-order valence-corrected chi connectivity index (χ3v) is 4.15. The van der Waals surface area contributed by atoms with E-state index in [9.17, 15) is 0 Å². The van der Waals surface area contributed by atoms with E-state index in [1.165, 1.54) is 18.7 Å². The summed E-state index contributed by atoms with van der Waals surface area (Å²) in [6, 6.07) is 0.523. The lowest BCUT2D eigenvalue weighted by Gasteiger charge is -2.31. The molecule has 19 heavy (non-hydrogen) atoms. The van der Waals surface area contributed by atoms with Gasteiger partial charge in [0.15, 0.2) is 0 Å². The average Bonchev–Trinajstić information content (AvgIpc) is 2.70. The molecule has 0 aliphatic rings. The van der Waals surface area contributed by atoms with Crippen LogP contribution in [0.2, 0.25) is 0 Å². The maximum absolute atomic E-state index is 4.46. The molecule has 0 aliphatic carbocycles. The van der Waals surface area contributed by atoms with Gasteiger partial charge in [-0.3, -0.25) is 0 Å². The summed E-state index contributed by atoms with van der Waals surface area (Å²) in [5.41, 5.74) is 0.369. The highest BCUT2D eigenvalue weighted by molar-refractivity contribution is 4.95. The zero-order valence-corrected chi connectivity index (χ0v) is 13.5. The normalized spacial score (nSPS) is 15.5. The highest BCUT2D eigenvalue weighted by atomic mass is 15.0. The summed E-state index contributed by atoms with van der Waals surface area (Å²) >= 11 is 0. The summed E-state index contributed by atoms with van der Waals surface area (Å²) in [6.45, 7) is 12.7. The van der Waals surface area contributed by atoms with Crippen LogP contribution in [0.15, 0.2) is 12.4 Å². The summed E-state index contributed by atoms with van der Waals surface area (Å²) in [6.07, 6.45) is 7.32. The smallest absolute Gasteiger partial charge is 0.109 e. The number of aromatic nitrogens is 2. The molecule has 0 fully saturated rings. The van der Waals surface area contributed by atoms with Crippen LogP contribution in [0.5, 0.6) is 0 Å². The molecule has 0 aliphatic heterocycles. The molecule has 1 aromatic heterocycles. The van der Waals surface area contributed by atoms with Crippen molar-refractivity contribution in [2.75, 3.05) is 6.54 Å². The van der Waals surface area contributed by atoms with E-state index in [0.717, 1.165) is 13.0 Å². The van der Waals surface area contributed by atoms with Gasteiger partial charge in [0, 0.05) is 31.9 Å².